The number of hydrogen-bond acceptors (Lipinski definition) is 3. The minimum Gasteiger partial charge on any atom is -0.404 e. The number of alkyl halides is 3. The van der Waals surface area contributed by atoms with Crippen LogP contribution in [0.25, 0.3) is 0 Å². The number of hydrogen-bond donors (Lipinski definition) is 2. The third kappa shape index (κ3) is 4.68. The van der Waals surface area contributed by atoms with Gasteiger partial charge in [-0.05, 0) is 34.0 Å². The summed E-state index contributed by atoms with van der Waals surface area (Å²) in [7, 11) is 0. The standard InChI is InChI=1S/C12H13BrF3NO3/c1-6(2)10(18)17-11(19)7-4-3-5-8(13)9(7)20-12(14,15)16/h3-6,10,18H,1-2H3,(H,17,19). The van der Waals surface area contributed by atoms with Crippen LogP contribution in [0.4, 0.5) is 13.2 Å². The minimum absolute atomic E-state index is 0.0125. The summed E-state index contributed by atoms with van der Waals surface area (Å²) in [6, 6.07) is 3.88. The average Bonchev–Trinajstić information content (AvgIpc) is 2.29. The zero-order valence-corrected chi connectivity index (χ0v) is 12.2. The number of nitrogens with one attached hydrogen (secondary N) is 1. The highest BCUT2D eigenvalue weighted by molar-refractivity contribution is 9.10. The summed E-state index contributed by atoms with van der Waals surface area (Å²) in [5.41, 5.74) is -0.323. The molecular weight excluding hydrogens is 343 g/mol. The predicted molar refractivity (Wildman–Crippen MR) is 69.1 cm³/mol. The lowest BCUT2D eigenvalue weighted by molar-refractivity contribution is -0.275. The van der Waals surface area contributed by atoms with Crippen LogP contribution in [0.3, 0.4) is 0 Å². The highest BCUT2D eigenvalue weighted by Crippen LogP contribution is 2.33. The first kappa shape index (κ1) is 16.8. The summed E-state index contributed by atoms with van der Waals surface area (Å²) in [6.45, 7) is 3.30. The van der Waals surface area contributed by atoms with Gasteiger partial charge in [0, 0.05) is 0 Å². The number of aliphatic hydroxyl groups excluding tert-OH is 1. The summed E-state index contributed by atoms with van der Waals surface area (Å²) in [5, 5.41) is 11.7. The van der Waals surface area contributed by atoms with E-state index in [1.165, 1.54) is 18.2 Å². The van der Waals surface area contributed by atoms with Gasteiger partial charge in [-0.15, -0.1) is 13.2 Å². The minimum atomic E-state index is -4.92. The monoisotopic (exact) mass is 355 g/mol. The molecule has 20 heavy (non-hydrogen) atoms. The van der Waals surface area contributed by atoms with Gasteiger partial charge in [-0.3, -0.25) is 4.79 Å². The average molecular weight is 356 g/mol. The first-order valence-electron chi connectivity index (χ1n) is 5.65. The topological polar surface area (TPSA) is 58.6 Å². The van der Waals surface area contributed by atoms with Crippen LogP contribution >= 0.6 is 15.9 Å². The Labute approximate surface area is 122 Å². The van der Waals surface area contributed by atoms with Gasteiger partial charge >= 0.3 is 6.36 Å². The Morgan fingerprint density at radius 1 is 1.40 bits per heavy atom. The van der Waals surface area contributed by atoms with Gasteiger partial charge in [0.25, 0.3) is 5.91 Å². The molecule has 1 aromatic rings. The zero-order chi connectivity index (χ0) is 15.5. The van der Waals surface area contributed by atoms with E-state index in [9.17, 15) is 23.1 Å². The third-order valence-corrected chi connectivity index (χ3v) is 2.96. The molecule has 1 atom stereocenters. The van der Waals surface area contributed by atoms with Crippen LogP contribution in [0.5, 0.6) is 5.75 Å². The van der Waals surface area contributed by atoms with Crippen molar-refractivity contribution >= 4 is 21.8 Å². The van der Waals surface area contributed by atoms with Crippen molar-refractivity contribution in [1.29, 1.82) is 0 Å². The molecule has 1 rings (SSSR count). The van der Waals surface area contributed by atoms with Crippen LogP contribution < -0.4 is 10.1 Å². The molecule has 0 heterocycles. The normalized spacial score (nSPS) is 13.2. The van der Waals surface area contributed by atoms with Gasteiger partial charge in [0.05, 0.1) is 10.0 Å². The van der Waals surface area contributed by atoms with Crippen molar-refractivity contribution in [3.05, 3.63) is 28.2 Å². The molecule has 0 saturated carbocycles. The maximum atomic E-state index is 12.3. The van der Waals surface area contributed by atoms with E-state index < -0.39 is 24.2 Å². The molecule has 0 fully saturated rings. The van der Waals surface area contributed by atoms with Crippen molar-refractivity contribution in [3.8, 4) is 5.75 Å². The molecule has 1 amide bonds. The molecule has 0 spiro atoms. The number of carbonyl (C=O) groups excluding carboxylic acids is 1. The zero-order valence-electron chi connectivity index (χ0n) is 10.7. The molecule has 1 aromatic carbocycles. The Hall–Kier alpha value is -1.28. The number of carbonyl (C=O) groups is 1. The van der Waals surface area contributed by atoms with Crippen molar-refractivity contribution < 1.29 is 27.8 Å². The molecule has 0 radical (unpaired) electrons. The maximum absolute atomic E-state index is 12.3. The van der Waals surface area contributed by atoms with Gasteiger partial charge in [-0.1, -0.05) is 19.9 Å². The van der Waals surface area contributed by atoms with Gasteiger partial charge in [-0.2, -0.15) is 0 Å². The highest BCUT2D eigenvalue weighted by Gasteiger charge is 2.34. The number of aliphatic hydroxyl groups is 1. The van der Waals surface area contributed by atoms with Gasteiger partial charge < -0.3 is 15.2 Å². The molecule has 0 aliphatic heterocycles. The second-order valence-corrected chi connectivity index (χ2v) is 5.18. The van der Waals surface area contributed by atoms with E-state index in [0.717, 1.165) is 0 Å². The fraction of sp³-hybridized carbons (Fsp3) is 0.417. The number of ether oxygens (including phenoxy) is 1. The van der Waals surface area contributed by atoms with Gasteiger partial charge in [0.15, 0.2) is 5.75 Å². The fourth-order valence-corrected chi connectivity index (χ4v) is 1.73. The van der Waals surface area contributed by atoms with Gasteiger partial charge in [0.2, 0.25) is 0 Å². The van der Waals surface area contributed by atoms with E-state index in [1.807, 2.05) is 0 Å². The van der Waals surface area contributed by atoms with Crippen molar-refractivity contribution in [3.63, 3.8) is 0 Å². The molecule has 0 saturated heterocycles. The molecule has 4 nitrogen and oxygen atoms in total. The van der Waals surface area contributed by atoms with E-state index in [0.29, 0.717) is 0 Å². The second kappa shape index (κ2) is 6.45. The number of benzene rings is 1. The van der Waals surface area contributed by atoms with E-state index in [4.69, 9.17) is 0 Å². The van der Waals surface area contributed by atoms with Crippen molar-refractivity contribution in [2.45, 2.75) is 26.4 Å². The van der Waals surface area contributed by atoms with Crippen LogP contribution in [0, 0.1) is 5.92 Å². The summed E-state index contributed by atoms with van der Waals surface area (Å²) in [5.74, 6) is -1.78. The largest absolute Gasteiger partial charge is 0.573 e. The van der Waals surface area contributed by atoms with Crippen LogP contribution in [-0.2, 0) is 0 Å². The number of para-hydroxylation sites is 1. The van der Waals surface area contributed by atoms with Crippen molar-refractivity contribution in [2.75, 3.05) is 0 Å². The lowest BCUT2D eigenvalue weighted by Crippen LogP contribution is -2.38. The van der Waals surface area contributed by atoms with E-state index >= 15 is 0 Å². The molecule has 0 bridgehead atoms. The Morgan fingerprint density at radius 2 is 2.00 bits per heavy atom. The van der Waals surface area contributed by atoms with Crippen LogP contribution in [-0.4, -0.2) is 23.6 Å². The van der Waals surface area contributed by atoms with E-state index in [1.54, 1.807) is 13.8 Å². The SMILES string of the molecule is CC(C)C(O)NC(=O)c1cccc(Br)c1OC(F)(F)F. The van der Waals surface area contributed by atoms with Crippen molar-refractivity contribution in [2.24, 2.45) is 5.92 Å². The van der Waals surface area contributed by atoms with Crippen LogP contribution in [0.2, 0.25) is 0 Å². The first-order valence-corrected chi connectivity index (χ1v) is 6.44. The van der Waals surface area contributed by atoms with Crippen LogP contribution in [0.1, 0.15) is 24.2 Å². The van der Waals surface area contributed by atoms with E-state index in [2.05, 4.69) is 26.0 Å². The Balaban J connectivity index is 3.05. The Morgan fingerprint density at radius 3 is 2.50 bits per heavy atom. The molecule has 112 valence electrons. The highest BCUT2D eigenvalue weighted by atomic mass is 79.9. The fourth-order valence-electron chi connectivity index (χ4n) is 1.29. The summed E-state index contributed by atoms with van der Waals surface area (Å²) in [4.78, 5) is 11.9. The Bertz CT molecular complexity index is 491. The summed E-state index contributed by atoms with van der Waals surface area (Å²) < 4.78 is 40.8. The van der Waals surface area contributed by atoms with Crippen molar-refractivity contribution in [1.82, 2.24) is 5.32 Å². The predicted octanol–water partition coefficient (Wildman–Crippen LogP) is 3.05. The molecule has 8 heteroatoms. The lowest BCUT2D eigenvalue weighted by atomic mass is 10.1. The van der Waals surface area contributed by atoms with Gasteiger partial charge in [0.1, 0.15) is 6.23 Å². The second-order valence-electron chi connectivity index (χ2n) is 4.33. The molecule has 0 aliphatic rings. The Kier molecular flexibility index (Phi) is 5.41. The van der Waals surface area contributed by atoms with Crippen LogP contribution in [0.15, 0.2) is 22.7 Å². The number of rotatable bonds is 4. The van der Waals surface area contributed by atoms with E-state index in [-0.39, 0.29) is 16.0 Å². The van der Waals surface area contributed by atoms with Gasteiger partial charge in [-0.25, -0.2) is 0 Å². The first-order chi connectivity index (χ1) is 9.11. The smallest absolute Gasteiger partial charge is 0.404 e. The maximum Gasteiger partial charge on any atom is 0.573 e. The summed E-state index contributed by atoms with van der Waals surface area (Å²) >= 11 is 2.90. The molecule has 0 aromatic heterocycles. The molecule has 1 unspecified atom stereocenters. The molecule has 0 aliphatic carbocycles. The number of halogens is 4. The number of amides is 1. The molecule has 2 N–H and O–H groups in total. The third-order valence-electron chi connectivity index (χ3n) is 2.34. The quantitative estimate of drug-likeness (QED) is 0.816. The molecular formula is C12H13BrF3NO3. The summed E-state index contributed by atoms with van der Waals surface area (Å²) in [6.07, 6.45) is -6.09. The lowest BCUT2D eigenvalue weighted by Gasteiger charge is -2.18.